The second-order valence-electron chi connectivity index (χ2n) is 6.17. The molecule has 142 valence electrons. The highest BCUT2D eigenvalue weighted by molar-refractivity contribution is 7.15. The molecular formula is C20H14F3N3OS. The molecule has 8 heteroatoms. The van der Waals surface area contributed by atoms with Gasteiger partial charge >= 0.3 is 0 Å². The third-order valence-corrected chi connectivity index (χ3v) is 5.02. The van der Waals surface area contributed by atoms with E-state index in [1.807, 2.05) is 5.38 Å². The number of imidazole rings is 1. The van der Waals surface area contributed by atoms with Crippen LogP contribution in [0.4, 0.5) is 19.0 Å². The third kappa shape index (κ3) is 3.63. The first-order chi connectivity index (χ1) is 13.5. The summed E-state index contributed by atoms with van der Waals surface area (Å²) in [6.45, 7) is 0. The van der Waals surface area contributed by atoms with E-state index >= 15 is 0 Å². The second kappa shape index (κ2) is 7.47. The van der Waals surface area contributed by atoms with Gasteiger partial charge < -0.3 is 5.32 Å². The maximum absolute atomic E-state index is 13.3. The summed E-state index contributed by atoms with van der Waals surface area (Å²) in [6, 6.07) is 9.43. The van der Waals surface area contributed by atoms with Gasteiger partial charge in [-0.05, 0) is 48.4 Å². The van der Waals surface area contributed by atoms with E-state index < -0.39 is 11.6 Å². The number of thiazole rings is 1. The predicted octanol–water partition coefficient (Wildman–Crippen LogP) is 5.05. The number of carbonyl (C=O) groups is 1. The normalized spacial score (nSPS) is 11.1. The third-order valence-electron chi connectivity index (χ3n) is 4.26. The molecule has 0 unspecified atom stereocenters. The zero-order chi connectivity index (χ0) is 19.7. The molecule has 0 atom stereocenters. The summed E-state index contributed by atoms with van der Waals surface area (Å²) in [6.07, 6.45) is 2.14. The molecule has 4 nitrogen and oxygen atoms in total. The number of fused-ring (bicyclic) bond motifs is 1. The lowest BCUT2D eigenvalue weighted by Crippen LogP contribution is -2.14. The van der Waals surface area contributed by atoms with Gasteiger partial charge in [0.1, 0.15) is 17.3 Å². The van der Waals surface area contributed by atoms with Crippen LogP contribution in [0.3, 0.4) is 0 Å². The highest BCUT2D eigenvalue weighted by Gasteiger charge is 2.17. The van der Waals surface area contributed by atoms with Gasteiger partial charge in [-0.2, -0.15) is 0 Å². The molecule has 1 amide bonds. The van der Waals surface area contributed by atoms with Crippen LogP contribution in [0.25, 0.3) is 16.2 Å². The van der Waals surface area contributed by atoms with E-state index in [1.165, 1.54) is 29.5 Å². The minimum atomic E-state index is -0.938. The summed E-state index contributed by atoms with van der Waals surface area (Å²) in [7, 11) is 0. The summed E-state index contributed by atoms with van der Waals surface area (Å²) in [4.78, 5) is 17.7. The Morgan fingerprint density at radius 2 is 1.86 bits per heavy atom. The van der Waals surface area contributed by atoms with Crippen LogP contribution >= 0.6 is 11.3 Å². The number of amides is 1. The van der Waals surface area contributed by atoms with Crippen LogP contribution in [-0.2, 0) is 11.2 Å². The van der Waals surface area contributed by atoms with E-state index in [4.69, 9.17) is 0 Å². The van der Waals surface area contributed by atoms with Crippen LogP contribution in [0.2, 0.25) is 0 Å². The summed E-state index contributed by atoms with van der Waals surface area (Å²) in [5, 5.41) is 4.68. The topological polar surface area (TPSA) is 46.4 Å². The van der Waals surface area contributed by atoms with E-state index in [2.05, 4.69) is 10.3 Å². The standard InChI is InChI=1S/C20H14F3N3OS/c21-14-5-3-13(4-6-14)18-19(26-9-10-28-20(26)25-18)24-17(27)8-2-12-1-7-15(22)16(23)11-12/h1,3-7,9-11H,2,8H2,(H,24,27). The smallest absolute Gasteiger partial charge is 0.225 e. The Labute approximate surface area is 162 Å². The first-order valence-electron chi connectivity index (χ1n) is 8.46. The Morgan fingerprint density at radius 3 is 2.61 bits per heavy atom. The number of benzene rings is 2. The molecule has 0 saturated carbocycles. The maximum atomic E-state index is 13.3. The number of nitrogens with zero attached hydrogens (tertiary/aromatic N) is 2. The van der Waals surface area contributed by atoms with Crippen LogP contribution in [0.1, 0.15) is 12.0 Å². The first-order valence-corrected chi connectivity index (χ1v) is 9.34. The maximum Gasteiger partial charge on any atom is 0.225 e. The SMILES string of the molecule is O=C(CCc1ccc(F)c(F)c1)Nc1c(-c2ccc(F)cc2)nc2sccn12. The predicted molar refractivity (Wildman–Crippen MR) is 102 cm³/mol. The van der Waals surface area contributed by atoms with Crippen molar-refractivity contribution in [3.8, 4) is 11.3 Å². The van der Waals surface area contributed by atoms with Gasteiger partial charge in [0.2, 0.25) is 5.91 Å². The fraction of sp³-hybridized carbons (Fsp3) is 0.100. The lowest BCUT2D eigenvalue weighted by atomic mass is 10.1. The van der Waals surface area contributed by atoms with Gasteiger partial charge in [0.15, 0.2) is 16.6 Å². The molecular weight excluding hydrogens is 387 g/mol. The van der Waals surface area contributed by atoms with E-state index in [9.17, 15) is 18.0 Å². The molecule has 0 fully saturated rings. The fourth-order valence-electron chi connectivity index (χ4n) is 2.86. The second-order valence-corrected chi connectivity index (χ2v) is 7.04. The van der Waals surface area contributed by atoms with E-state index in [1.54, 1.807) is 22.7 Å². The highest BCUT2D eigenvalue weighted by atomic mass is 32.1. The number of nitrogens with one attached hydrogen (secondary N) is 1. The summed E-state index contributed by atoms with van der Waals surface area (Å²) < 4.78 is 41.3. The van der Waals surface area contributed by atoms with Gasteiger partial charge in [-0.25, -0.2) is 18.2 Å². The van der Waals surface area contributed by atoms with Crippen LogP contribution in [0.5, 0.6) is 0 Å². The molecule has 0 spiro atoms. The summed E-state index contributed by atoms with van der Waals surface area (Å²) >= 11 is 1.41. The van der Waals surface area contributed by atoms with Crippen molar-refractivity contribution in [3.63, 3.8) is 0 Å². The molecule has 4 rings (SSSR count). The molecule has 4 aromatic rings. The number of rotatable bonds is 5. The number of hydrogen-bond donors (Lipinski definition) is 1. The van der Waals surface area contributed by atoms with Crippen molar-refractivity contribution in [1.29, 1.82) is 0 Å². The quantitative estimate of drug-likeness (QED) is 0.509. The van der Waals surface area contributed by atoms with Crippen molar-refractivity contribution in [3.05, 3.63) is 77.1 Å². The lowest BCUT2D eigenvalue weighted by molar-refractivity contribution is -0.116. The molecule has 0 radical (unpaired) electrons. The molecule has 28 heavy (non-hydrogen) atoms. The van der Waals surface area contributed by atoms with E-state index in [0.717, 1.165) is 12.1 Å². The van der Waals surface area contributed by atoms with Crippen molar-refractivity contribution in [1.82, 2.24) is 9.38 Å². The Kier molecular flexibility index (Phi) is 4.87. The molecule has 0 aliphatic rings. The summed E-state index contributed by atoms with van der Waals surface area (Å²) in [5.74, 6) is -2.02. The Morgan fingerprint density at radius 1 is 1.07 bits per heavy atom. The van der Waals surface area contributed by atoms with Gasteiger partial charge in [0.05, 0.1) is 0 Å². The Hall–Kier alpha value is -3.13. The minimum Gasteiger partial charge on any atom is -0.310 e. The number of aromatic nitrogens is 2. The minimum absolute atomic E-state index is 0.0886. The molecule has 0 aliphatic carbocycles. The van der Waals surface area contributed by atoms with Gasteiger partial charge in [0.25, 0.3) is 0 Å². The molecule has 0 saturated heterocycles. The number of halogens is 3. The zero-order valence-corrected chi connectivity index (χ0v) is 15.3. The number of carbonyl (C=O) groups excluding carboxylic acids is 1. The first kappa shape index (κ1) is 18.2. The van der Waals surface area contributed by atoms with Crippen LogP contribution in [0.15, 0.2) is 54.0 Å². The summed E-state index contributed by atoms with van der Waals surface area (Å²) in [5.41, 5.74) is 1.74. The zero-order valence-electron chi connectivity index (χ0n) is 14.5. The van der Waals surface area contributed by atoms with Crippen molar-refractivity contribution in [2.45, 2.75) is 12.8 Å². The van der Waals surface area contributed by atoms with Crippen LogP contribution in [-0.4, -0.2) is 15.3 Å². The van der Waals surface area contributed by atoms with Crippen molar-refractivity contribution in [2.24, 2.45) is 0 Å². The monoisotopic (exact) mass is 401 g/mol. The van der Waals surface area contributed by atoms with Crippen LogP contribution < -0.4 is 5.32 Å². The average molecular weight is 401 g/mol. The van der Waals surface area contributed by atoms with Crippen molar-refractivity contribution in [2.75, 3.05) is 5.32 Å². The van der Waals surface area contributed by atoms with Gasteiger partial charge in [-0.15, -0.1) is 11.3 Å². The van der Waals surface area contributed by atoms with Gasteiger partial charge in [-0.1, -0.05) is 6.07 Å². The van der Waals surface area contributed by atoms with Crippen molar-refractivity contribution >= 4 is 28.0 Å². The van der Waals surface area contributed by atoms with Gasteiger partial charge in [0, 0.05) is 23.6 Å². The highest BCUT2D eigenvalue weighted by Crippen LogP contribution is 2.31. The molecule has 1 N–H and O–H groups in total. The number of hydrogen-bond acceptors (Lipinski definition) is 3. The van der Waals surface area contributed by atoms with Crippen molar-refractivity contribution < 1.29 is 18.0 Å². The molecule has 2 heterocycles. The Bertz CT molecular complexity index is 1150. The average Bonchev–Trinajstić information content (AvgIpc) is 3.26. The molecule has 0 aliphatic heterocycles. The largest absolute Gasteiger partial charge is 0.310 e. The Balaban J connectivity index is 1.55. The lowest BCUT2D eigenvalue weighted by Gasteiger charge is -2.08. The molecule has 2 aromatic carbocycles. The molecule has 2 aromatic heterocycles. The number of aryl methyl sites for hydroxylation is 1. The van der Waals surface area contributed by atoms with E-state index in [-0.39, 0.29) is 24.6 Å². The fourth-order valence-corrected chi connectivity index (χ4v) is 3.58. The molecule has 0 bridgehead atoms. The van der Waals surface area contributed by atoms with E-state index in [0.29, 0.717) is 27.6 Å². The van der Waals surface area contributed by atoms with Gasteiger partial charge in [-0.3, -0.25) is 9.20 Å². The number of anilines is 1. The van der Waals surface area contributed by atoms with Crippen LogP contribution in [0, 0.1) is 17.5 Å².